The topological polar surface area (TPSA) is 41.1 Å². The highest BCUT2D eigenvalue weighted by Gasteiger charge is 2.05. The maximum absolute atomic E-state index is 11.9. The Hall–Kier alpha value is -1.56. The van der Waals surface area contributed by atoms with Crippen LogP contribution in [0, 0.1) is 10.5 Å². The van der Waals surface area contributed by atoms with Crippen LogP contribution in [-0.2, 0) is 4.79 Å². The van der Waals surface area contributed by atoms with E-state index in [2.05, 4.69) is 33.2 Å². The third-order valence-electron chi connectivity index (χ3n) is 2.73. The predicted molar refractivity (Wildman–Crippen MR) is 87.5 cm³/mol. The molecule has 0 atom stereocenters. The zero-order chi connectivity index (χ0) is 13.7. The lowest BCUT2D eigenvalue weighted by Crippen LogP contribution is -2.22. The molecule has 0 bridgehead atoms. The van der Waals surface area contributed by atoms with Crippen molar-refractivity contribution in [3.05, 3.63) is 57.7 Å². The van der Waals surface area contributed by atoms with E-state index in [1.54, 1.807) is 0 Å². The van der Waals surface area contributed by atoms with E-state index in [0.29, 0.717) is 0 Å². The molecular weight excluding hydrogens is 351 g/mol. The Labute approximate surface area is 126 Å². The van der Waals surface area contributed by atoms with Gasteiger partial charge in [-0.15, -0.1) is 0 Å². The Balaban J connectivity index is 1.92. The highest BCUT2D eigenvalue weighted by Crippen LogP contribution is 2.17. The number of anilines is 2. The number of carbonyl (C=O) groups excluding carboxylic acids is 1. The Kier molecular flexibility index (Phi) is 4.79. The fourth-order valence-electron chi connectivity index (χ4n) is 1.69. The van der Waals surface area contributed by atoms with Gasteiger partial charge in [-0.05, 0) is 53.3 Å². The number of hydrogen-bond acceptors (Lipinski definition) is 2. The fraction of sp³-hybridized carbons (Fsp3) is 0.133. The van der Waals surface area contributed by atoms with E-state index in [4.69, 9.17) is 0 Å². The molecule has 0 radical (unpaired) electrons. The molecule has 2 aromatic rings. The van der Waals surface area contributed by atoms with Crippen LogP contribution in [0.1, 0.15) is 5.56 Å². The van der Waals surface area contributed by atoms with Gasteiger partial charge in [0, 0.05) is 14.9 Å². The first-order valence-electron chi connectivity index (χ1n) is 6.00. The van der Waals surface area contributed by atoms with Crippen molar-refractivity contribution in [3.63, 3.8) is 0 Å². The molecule has 19 heavy (non-hydrogen) atoms. The summed E-state index contributed by atoms with van der Waals surface area (Å²) in [7, 11) is 0. The summed E-state index contributed by atoms with van der Waals surface area (Å²) in [5.41, 5.74) is 2.89. The number of aryl methyl sites for hydroxylation is 1. The van der Waals surface area contributed by atoms with E-state index in [1.165, 1.54) is 0 Å². The first-order valence-corrected chi connectivity index (χ1v) is 7.08. The minimum absolute atomic E-state index is 0.0473. The lowest BCUT2D eigenvalue weighted by molar-refractivity contribution is -0.114. The van der Waals surface area contributed by atoms with Crippen LogP contribution in [0.5, 0.6) is 0 Å². The zero-order valence-electron chi connectivity index (χ0n) is 10.6. The summed E-state index contributed by atoms with van der Waals surface area (Å²) in [6.07, 6.45) is 0. The Morgan fingerprint density at radius 1 is 1.05 bits per heavy atom. The van der Waals surface area contributed by atoms with Crippen molar-refractivity contribution in [2.75, 3.05) is 17.2 Å². The Morgan fingerprint density at radius 2 is 1.68 bits per heavy atom. The van der Waals surface area contributed by atoms with Gasteiger partial charge in [0.2, 0.25) is 5.91 Å². The second-order valence-corrected chi connectivity index (χ2v) is 5.36. The molecule has 1 amide bonds. The SMILES string of the molecule is Cc1ccccc1NC(=O)CNc1ccccc1I. The number of hydrogen-bond donors (Lipinski definition) is 2. The van der Waals surface area contributed by atoms with E-state index in [9.17, 15) is 4.79 Å². The highest BCUT2D eigenvalue weighted by molar-refractivity contribution is 14.1. The van der Waals surface area contributed by atoms with Crippen molar-refractivity contribution in [1.82, 2.24) is 0 Å². The fourth-order valence-corrected chi connectivity index (χ4v) is 2.27. The molecule has 0 spiro atoms. The molecule has 0 aromatic heterocycles. The van der Waals surface area contributed by atoms with Crippen molar-refractivity contribution < 1.29 is 4.79 Å². The molecule has 2 aromatic carbocycles. The summed E-state index contributed by atoms with van der Waals surface area (Å²) < 4.78 is 1.10. The van der Waals surface area contributed by atoms with Gasteiger partial charge in [-0.1, -0.05) is 30.3 Å². The van der Waals surface area contributed by atoms with Crippen molar-refractivity contribution in [3.8, 4) is 0 Å². The average Bonchev–Trinajstić information content (AvgIpc) is 2.40. The van der Waals surface area contributed by atoms with Gasteiger partial charge in [-0.25, -0.2) is 0 Å². The monoisotopic (exact) mass is 366 g/mol. The number of rotatable bonds is 4. The number of benzene rings is 2. The number of amides is 1. The van der Waals surface area contributed by atoms with Gasteiger partial charge in [-0.3, -0.25) is 4.79 Å². The van der Waals surface area contributed by atoms with Crippen LogP contribution in [0.25, 0.3) is 0 Å². The van der Waals surface area contributed by atoms with Crippen LogP contribution < -0.4 is 10.6 Å². The number of carbonyl (C=O) groups is 1. The van der Waals surface area contributed by atoms with Gasteiger partial charge < -0.3 is 10.6 Å². The summed E-state index contributed by atoms with van der Waals surface area (Å²) in [6, 6.07) is 15.6. The summed E-state index contributed by atoms with van der Waals surface area (Å²) in [5, 5.41) is 6.03. The van der Waals surface area contributed by atoms with Crippen LogP contribution in [0.3, 0.4) is 0 Å². The largest absolute Gasteiger partial charge is 0.375 e. The molecule has 2 rings (SSSR count). The molecule has 0 fully saturated rings. The molecule has 0 saturated heterocycles. The maximum Gasteiger partial charge on any atom is 0.243 e. The zero-order valence-corrected chi connectivity index (χ0v) is 12.8. The molecule has 0 saturated carbocycles. The van der Waals surface area contributed by atoms with E-state index < -0.39 is 0 Å². The van der Waals surface area contributed by atoms with Crippen LogP contribution in [0.2, 0.25) is 0 Å². The van der Waals surface area contributed by atoms with Crippen LogP contribution in [0.15, 0.2) is 48.5 Å². The second-order valence-electron chi connectivity index (χ2n) is 4.20. The van der Waals surface area contributed by atoms with E-state index in [-0.39, 0.29) is 12.5 Å². The van der Waals surface area contributed by atoms with Gasteiger partial charge >= 0.3 is 0 Å². The first kappa shape index (κ1) is 13.9. The quantitative estimate of drug-likeness (QED) is 0.812. The van der Waals surface area contributed by atoms with Gasteiger partial charge in [0.1, 0.15) is 0 Å². The summed E-state index contributed by atoms with van der Waals surface area (Å²) in [6.45, 7) is 2.23. The third-order valence-corrected chi connectivity index (χ3v) is 3.67. The molecular formula is C15H15IN2O. The molecule has 0 aliphatic heterocycles. The molecule has 2 N–H and O–H groups in total. The maximum atomic E-state index is 11.9. The minimum Gasteiger partial charge on any atom is -0.375 e. The number of para-hydroxylation sites is 2. The molecule has 98 valence electrons. The molecule has 0 aliphatic rings. The molecule has 0 unspecified atom stereocenters. The minimum atomic E-state index is -0.0473. The van der Waals surface area contributed by atoms with Gasteiger partial charge in [0.15, 0.2) is 0 Å². The first-order chi connectivity index (χ1) is 9.16. The van der Waals surface area contributed by atoms with Crippen molar-refractivity contribution in [2.24, 2.45) is 0 Å². The molecule has 0 aliphatic carbocycles. The van der Waals surface area contributed by atoms with Crippen LogP contribution >= 0.6 is 22.6 Å². The summed E-state index contributed by atoms with van der Waals surface area (Å²) in [5.74, 6) is -0.0473. The van der Waals surface area contributed by atoms with Gasteiger partial charge in [-0.2, -0.15) is 0 Å². The number of halogens is 1. The van der Waals surface area contributed by atoms with Gasteiger partial charge in [0.25, 0.3) is 0 Å². The molecule has 4 heteroatoms. The molecule has 3 nitrogen and oxygen atoms in total. The highest BCUT2D eigenvalue weighted by atomic mass is 127. The van der Waals surface area contributed by atoms with Crippen molar-refractivity contribution in [2.45, 2.75) is 6.92 Å². The van der Waals surface area contributed by atoms with Gasteiger partial charge in [0.05, 0.1) is 6.54 Å². The lowest BCUT2D eigenvalue weighted by Gasteiger charge is -2.10. The normalized spacial score (nSPS) is 10.0. The summed E-state index contributed by atoms with van der Waals surface area (Å²) >= 11 is 2.24. The van der Waals surface area contributed by atoms with E-state index >= 15 is 0 Å². The standard InChI is InChI=1S/C15H15IN2O/c1-11-6-2-4-8-13(11)18-15(19)10-17-14-9-5-3-7-12(14)16/h2-9,17H,10H2,1H3,(H,18,19). The van der Waals surface area contributed by atoms with E-state index in [1.807, 2.05) is 55.5 Å². The lowest BCUT2D eigenvalue weighted by atomic mass is 10.2. The van der Waals surface area contributed by atoms with Crippen LogP contribution in [-0.4, -0.2) is 12.5 Å². The van der Waals surface area contributed by atoms with Crippen molar-refractivity contribution in [1.29, 1.82) is 0 Å². The number of nitrogens with one attached hydrogen (secondary N) is 2. The van der Waals surface area contributed by atoms with Crippen LogP contribution in [0.4, 0.5) is 11.4 Å². The third kappa shape index (κ3) is 3.96. The smallest absolute Gasteiger partial charge is 0.243 e. The molecule has 0 heterocycles. The average molecular weight is 366 g/mol. The Bertz CT molecular complexity index is 584. The second kappa shape index (κ2) is 6.56. The van der Waals surface area contributed by atoms with Crippen molar-refractivity contribution >= 4 is 39.9 Å². The van der Waals surface area contributed by atoms with E-state index in [0.717, 1.165) is 20.5 Å². The Morgan fingerprint density at radius 3 is 2.37 bits per heavy atom. The predicted octanol–water partition coefficient (Wildman–Crippen LogP) is 3.65. The summed E-state index contributed by atoms with van der Waals surface area (Å²) in [4.78, 5) is 11.9.